The summed E-state index contributed by atoms with van der Waals surface area (Å²) in [4.78, 5) is 12.8. The van der Waals surface area contributed by atoms with E-state index < -0.39 is 5.54 Å². The van der Waals surface area contributed by atoms with Crippen LogP contribution in [0.4, 0.5) is 15.8 Å². The minimum Gasteiger partial charge on any atom is -0.354 e. The number of rotatable bonds is 4. The highest BCUT2D eigenvalue weighted by molar-refractivity contribution is 6.37. The summed E-state index contributed by atoms with van der Waals surface area (Å²) in [5.74, 6) is -0.656. The molecule has 29 heavy (non-hydrogen) atoms. The molecule has 5 heteroatoms. The van der Waals surface area contributed by atoms with Crippen molar-refractivity contribution in [2.75, 3.05) is 10.6 Å². The second kappa shape index (κ2) is 7.18. The van der Waals surface area contributed by atoms with E-state index in [9.17, 15) is 9.18 Å². The molecule has 0 atom stereocenters. The quantitative estimate of drug-likeness (QED) is 0.555. The summed E-state index contributed by atoms with van der Waals surface area (Å²) in [6, 6.07) is 21.7. The lowest BCUT2D eigenvalue weighted by Crippen LogP contribution is -2.28. The molecule has 0 saturated carbocycles. The third-order valence-electron chi connectivity index (χ3n) is 4.94. The van der Waals surface area contributed by atoms with Crippen LogP contribution >= 0.6 is 0 Å². The molecule has 1 amide bonds. The van der Waals surface area contributed by atoms with Gasteiger partial charge in [0.05, 0.1) is 17.0 Å². The summed E-state index contributed by atoms with van der Waals surface area (Å²) >= 11 is 0. The molecule has 4 N–H and O–H groups in total. The van der Waals surface area contributed by atoms with Crippen LogP contribution in [-0.2, 0) is 10.3 Å². The van der Waals surface area contributed by atoms with Crippen molar-refractivity contribution in [3.63, 3.8) is 0 Å². The molecule has 1 aliphatic heterocycles. The molecule has 0 fully saturated rings. The molecule has 4 nitrogen and oxygen atoms in total. The highest BCUT2D eigenvalue weighted by atomic mass is 19.1. The average molecular weight is 387 g/mol. The number of nitrogens with one attached hydrogen (secondary N) is 2. The monoisotopic (exact) mass is 387 g/mol. The highest BCUT2D eigenvalue weighted by Crippen LogP contribution is 2.37. The van der Waals surface area contributed by atoms with Crippen molar-refractivity contribution < 1.29 is 9.18 Å². The lowest BCUT2D eigenvalue weighted by atomic mass is 9.95. The Morgan fingerprint density at radius 3 is 2.34 bits per heavy atom. The first-order valence-corrected chi connectivity index (χ1v) is 9.40. The van der Waals surface area contributed by atoms with E-state index in [1.54, 1.807) is 6.07 Å². The van der Waals surface area contributed by atoms with Crippen LogP contribution in [0.3, 0.4) is 0 Å². The molecule has 146 valence electrons. The van der Waals surface area contributed by atoms with Crippen molar-refractivity contribution in [1.29, 1.82) is 0 Å². The zero-order valence-electron chi connectivity index (χ0n) is 16.3. The Balaban J connectivity index is 1.82. The van der Waals surface area contributed by atoms with E-state index in [1.165, 1.54) is 12.1 Å². The number of hydrogen-bond donors (Lipinski definition) is 3. The van der Waals surface area contributed by atoms with Crippen molar-refractivity contribution in [1.82, 2.24) is 0 Å². The fourth-order valence-corrected chi connectivity index (χ4v) is 3.40. The summed E-state index contributed by atoms with van der Waals surface area (Å²) in [6.45, 7) is 3.90. The molecule has 0 aromatic heterocycles. The Bertz CT molecular complexity index is 1100. The van der Waals surface area contributed by atoms with E-state index in [-0.39, 0.29) is 11.7 Å². The number of nitrogens with two attached hydrogens (primary N) is 1. The Morgan fingerprint density at radius 2 is 1.69 bits per heavy atom. The largest absolute Gasteiger partial charge is 0.354 e. The van der Waals surface area contributed by atoms with Crippen LogP contribution in [0.2, 0.25) is 0 Å². The first kappa shape index (κ1) is 18.9. The van der Waals surface area contributed by atoms with Crippen LogP contribution in [0.1, 0.15) is 30.5 Å². The maximum absolute atomic E-state index is 13.6. The maximum Gasteiger partial charge on any atom is 0.258 e. The third-order valence-corrected chi connectivity index (χ3v) is 4.94. The molecule has 1 heterocycles. The predicted octanol–water partition coefficient (Wildman–Crippen LogP) is 4.95. The standard InChI is InChI=1S/C24H22FN3O/c1-24(2,26)16-8-11-18(12-9-16)27-22(15-6-4-3-5-7-15)21-19-13-10-17(25)14-20(19)28-23(21)29/h3-14,27H,26H2,1-2H3,(H,28,29)/b22-21-. The molecule has 0 radical (unpaired) electrons. The first-order valence-electron chi connectivity index (χ1n) is 9.40. The number of hydrogen-bond acceptors (Lipinski definition) is 3. The van der Waals surface area contributed by atoms with Crippen molar-refractivity contribution in [3.8, 4) is 0 Å². The summed E-state index contributed by atoms with van der Waals surface area (Å²) in [5.41, 5.74) is 10.7. The molecular weight excluding hydrogens is 365 g/mol. The van der Waals surface area contributed by atoms with E-state index >= 15 is 0 Å². The topological polar surface area (TPSA) is 67.1 Å². The van der Waals surface area contributed by atoms with Crippen molar-refractivity contribution in [2.24, 2.45) is 5.73 Å². The molecule has 3 aromatic carbocycles. The number of halogens is 1. The summed E-state index contributed by atoms with van der Waals surface area (Å²) in [6.07, 6.45) is 0. The lowest BCUT2D eigenvalue weighted by molar-refractivity contribution is -0.110. The molecule has 0 saturated heterocycles. The lowest BCUT2D eigenvalue weighted by Gasteiger charge is -2.20. The van der Waals surface area contributed by atoms with Crippen LogP contribution in [0.5, 0.6) is 0 Å². The van der Waals surface area contributed by atoms with Crippen LogP contribution in [-0.4, -0.2) is 5.91 Å². The van der Waals surface area contributed by atoms with Gasteiger partial charge in [0.15, 0.2) is 0 Å². The average Bonchev–Trinajstić information content (AvgIpc) is 3.01. The summed E-state index contributed by atoms with van der Waals surface area (Å²) < 4.78 is 13.6. The second-order valence-electron chi connectivity index (χ2n) is 7.68. The van der Waals surface area contributed by atoms with Gasteiger partial charge in [-0.15, -0.1) is 0 Å². The highest BCUT2D eigenvalue weighted by Gasteiger charge is 2.28. The molecule has 4 rings (SSSR count). The van der Waals surface area contributed by atoms with Gasteiger partial charge in [0.2, 0.25) is 0 Å². The zero-order valence-corrected chi connectivity index (χ0v) is 16.3. The number of benzene rings is 3. The van der Waals surface area contributed by atoms with Gasteiger partial charge in [0, 0.05) is 16.8 Å². The van der Waals surface area contributed by atoms with Gasteiger partial charge in [-0.25, -0.2) is 4.39 Å². The van der Waals surface area contributed by atoms with Gasteiger partial charge in [-0.1, -0.05) is 42.5 Å². The van der Waals surface area contributed by atoms with Crippen LogP contribution in [0, 0.1) is 5.82 Å². The van der Waals surface area contributed by atoms with Crippen molar-refractivity contribution in [2.45, 2.75) is 19.4 Å². The Labute approximate surface area is 169 Å². The van der Waals surface area contributed by atoms with Gasteiger partial charge < -0.3 is 16.4 Å². The molecule has 1 aliphatic rings. The molecule has 0 aliphatic carbocycles. The third kappa shape index (κ3) is 3.77. The summed E-state index contributed by atoms with van der Waals surface area (Å²) in [7, 11) is 0. The van der Waals surface area contributed by atoms with Gasteiger partial charge in [0.1, 0.15) is 5.82 Å². The van der Waals surface area contributed by atoms with Crippen LogP contribution in [0.15, 0.2) is 72.8 Å². The normalized spacial score (nSPS) is 15.0. The minimum atomic E-state index is -0.437. The van der Waals surface area contributed by atoms with Crippen LogP contribution < -0.4 is 16.4 Å². The van der Waals surface area contributed by atoms with E-state index in [1.807, 2.05) is 68.4 Å². The Morgan fingerprint density at radius 1 is 1.00 bits per heavy atom. The van der Waals surface area contributed by atoms with Gasteiger partial charge in [-0.05, 0) is 55.3 Å². The maximum atomic E-state index is 13.6. The number of amides is 1. The molecular formula is C24H22FN3O. The van der Waals surface area contributed by atoms with Gasteiger partial charge in [-0.3, -0.25) is 4.79 Å². The first-order chi connectivity index (χ1) is 13.8. The fourth-order valence-electron chi connectivity index (χ4n) is 3.40. The SMILES string of the molecule is CC(C)(N)c1ccc(N/C(=C2\C(=O)Nc3cc(F)ccc32)c2ccccc2)cc1. The Kier molecular flexibility index (Phi) is 4.68. The van der Waals surface area contributed by atoms with Gasteiger partial charge in [0.25, 0.3) is 5.91 Å². The second-order valence-corrected chi connectivity index (χ2v) is 7.68. The van der Waals surface area contributed by atoms with Gasteiger partial charge in [-0.2, -0.15) is 0 Å². The molecule has 0 spiro atoms. The van der Waals surface area contributed by atoms with Crippen molar-refractivity contribution in [3.05, 3.63) is 95.3 Å². The molecule has 0 unspecified atom stereocenters. The van der Waals surface area contributed by atoms with E-state index in [0.29, 0.717) is 22.5 Å². The van der Waals surface area contributed by atoms with E-state index in [4.69, 9.17) is 5.73 Å². The molecule has 0 bridgehead atoms. The minimum absolute atomic E-state index is 0.267. The Hall–Kier alpha value is -3.44. The fraction of sp³-hybridized carbons (Fsp3) is 0.125. The smallest absolute Gasteiger partial charge is 0.258 e. The number of carbonyl (C=O) groups excluding carboxylic acids is 1. The molecule has 3 aromatic rings. The number of anilines is 2. The van der Waals surface area contributed by atoms with Gasteiger partial charge >= 0.3 is 0 Å². The number of fused-ring (bicyclic) bond motifs is 1. The van der Waals surface area contributed by atoms with E-state index in [0.717, 1.165) is 16.8 Å². The van der Waals surface area contributed by atoms with E-state index in [2.05, 4.69) is 10.6 Å². The summed E-state index contributed by atoms with van der Waals surface area (Å²) in [5, 5.41) is 6.15. The van der Waals surface area contributed by atoms with Crippen molar-refractivity contribution >= 4 is 28.6 Å². The van der Waals surface area contributed by atoms with Crippen LogP contribution in [0.25, 0.3) is 11.3 Å². The number of carbonyl (C=O) groups is 1. The zero-order chi connectivity index (χ0) is 20.6. The predicted molar refractivity (Wildman–Crippen MR) is 116 cm³/mol.